The number of aliphatic carboxylic acids is 1. The van der Waals surface area contributed by atoms with Crippen LogP contribution >= 0.6 is 39.3 Å². The van der Waals surface area contributed by atoms with E-state index in [1.54, 1.807) is 0 Å². The van der Waals surface area contributed by atoms with Crippen LogP contribution in [0.5, 0.6) is 0 Å². The number of carbonyl (C=O) groups excluding carboxylic acids is 1. The molecule has 3 aliphatic rings. The fraction of sp³-hybridized carbons (Fsp3) is 0.240. The molecule has 304 valence electrons. The van der Waals surface area contributed by atoms with Gasteiger partial charge in [-0.3, -0.25) is 9.59 Å². The van der Waals surface area contributed by atoms with Gasteiger partial charge < -0.3 is 14.7 Å². The second kappa shape index (κ2) is 19.8. The lowest BCUT2D eigenvalue weighted by Gasteiger charge is -2.30. The van der Waals surface area contributed by atoms with Crippen molar-refractivity contribution in [1.29, 1.82) is 5.26 Å². The third-order valence-corrected chi connectivity index (χ3v) is 13.4. The number of benzene rings is 4. The largest absolute Gasteiger partial charge is 0.481 e. The van der Waals surface area contributed by atoms with E-state index in [1.807, 2.05) is 65.6 Å². The molecule has 0 radical (unpaired) electrons. The van der Waals surface area contributed by atoms with Crippen LogP contribution in [0.25, 0.3) is 0 Å². The van der Waals surface area contributed by atoms with Gasteiger partial charge >= 0.3 is 5.97 Å². The predicted molar refractivity (Wildman–Crippen MR) is 245 cm³/mol. The van der Waals surface area contributed by atoms with Gasteiger partial charge in [0.2, 0.25) is 5.69 Å². The number of fused-ring (bicyclic) bond motifs is 2. The van der Waals surface area contributed by atoms with Gasteiger partial charge in [0, 0.05) is 26.6 Å². The molecule has 0 amide bonds. The molecule has 60 heavy (non-hydrogen) atoms. The van der Waals surface area contributed by atoms with Crippen molar-refractivity contribution in [2.24, 2.45) is 0 Å². The topological polar surface area (TPSA) is 93.6 Å². The highest BCUT2D eigenvalue weighted by Crippen LogP contribution is 2.50. The van der Waals surface area contributed by atoms with Gasteiger partial charge in [0.15, 0.2) is 12.3 Å². The molecule has 0 saturated heterocycles. The number of halogens is 2. The van der Waals surface area contributed by atoms with Crippen LogP contribution in [-0.4, -0.2) is 47.5 Å². The zero-order valence-electron chi connectivity index (χ0n) is 33.5. The lowest BCUT2D eigenvalue weighted by molar-refractivity contribution is -0.437. The molecule has 4 aromatic rings. The maximum Gasteiger partial charge on any atom is 0.309 e. The summed E-state index contributed by atoms with van der Waals surface area (Å²) in [4.78, 5) is 26.2. The Balaban J connectivity index is 1.30. The zero-order chi connectivity index (χ0) is 42.1. The summed E-state index contributed by atoms with van der Waals surface area (Å²) in [5, 5.41) is 21.8. The average molecular weight is 900 g/mol. The van der Waals surface area contributed by atoms with Gasteiger partial charge in [-0.2, -0.15) is 9.84 Å². The highest BCUT2D eigenvalue weighted by molar-refractivity contribution is 9.10. The van der Waals surface area contributed by atoms with Crippen LogP contribution in [0.1, 0.15) is 55.7 Å². The number of aryl methyl sites for hydroxylation is 2. The number of allylic oxidation sites excluding steroid dienone is 9. The number of thioether (sulfide) groups is 1. The molecule has 2 heterocycles. The Labute approximate surface area is 369 Å². The molecule has 7 nitrogen and oxygen atoms in total. The number of anilines is 1. The fourth-order valence-electron chi connectivity index (χ4n) is 8.74. The van der Waals surface area contributed by atoms with Gasteiger partial charge in [0.05, 0.1) is 33.3 Å². The van der Waals surface area contributed by atoms with Crippen LogP contribution in [-0.2, 0) is 32.6 Å². The van der Waals surface area contributed by atoms with Crippen molar-refractivity contribution in [3.05, 3.63) is 181 Å². The van der Waals surface area contributed by atoms with Crippen LogP contribution in [0, 0.1) is 11.3 Å². The summed E-state index contributed by atoms with van der Waals surface area (Å²) in [6.07, 6.45) is 13.3. The summed E-state index contributed by atoms with van der Waals surface area (Å²) in [5.74, 6) is -0.847. The molecule has 4 aromatic carbocycles. The number of carbonyl (C=O) groups is 2. The van der Waals surface area contributed by atoms with Gasteiger partial charge in [0.1, 0.15) is 19.1 Å². The summed E-state index contributed by atoms with van der Waals surface area (Å²) in [6, 6.07) is 37.9. The first-order chi connectivity index (χ1) is 29.2. The third-order valence-electron chi connectivity index (χ3n) is 11.3. The van der Waals surface area contributed by atoms with Gasteiger partial charge in [-0.1, -0.05) is 124 Å². The first-order valence-electron chi connectivity index (χ1n) is 20.2. The molecule has 0 saturated carbocycles. The summed E-state index contributed by atoms with van der Waals surface area (Å²) in [6.45, 7) is 3.45. The predicted octanol–water partition coefficient (Wildman–Crippen LogP) is 11.8. The van der Waals surface area contributed by atoms with Crippen molar-refractivity contribution < 1.29 is 24.0 Å². The number of rotatable bonds is 18. The minimum Gasteiger partial charge on any atom is -0.481 e. The normalized spacial score (nSPS) is 16.9. The van der Waals surface area contributed by atoms with Crippen molar-refractivity contribution in [3.8, 4) is 6.07 Å². The molecule has 1 aliphatic carbocycles. The van der Waals surface area contributed by atoms with E-state index in [4.69, 9.17) is 16.3 Å². The van der Waals surface area contributed by atoms with Crippen LogP contribution in [0.2, 0.25) is 0 Å². The van der Waals surface area contributed by atoms with Crippen molar-refractivity contribution in [2.45, 2.75) is 62.2 Å². The Morgan fingerprint density at radius 2 is 1.63 bits per heavy atom. The zero-order valence-corrected chi connectivity index (χ0v) is 36.6. The van der Waals surface area contributed by atoms with Crippen molar-refractivity contribution in [2.75, 3.05) is 24.6 Å². The van der Waals surface area contributed by atoms with Gasteiger partial charge in [0.25, 0.3) is 6.47 Å². The van der Waals surface area contributed by atoms with E-state index < -0.39 is 11.4 Å². The Hall–Kier alpha value is -5.40. The molecule has 10 heteroatoms. The number of para-hydroxylation sites is 1. The maximum atomic E-state index is 12.2. The third kappa shape index (κ3) is 9.47. The SMILES string of the molecule is C/C(=C\C1=C(Cl)C(=C/C(C#N)=C2/Sc3ccccc3N2CCOC=O)/C=C1)C1=[N+](CCC(=O)O)c2ccc(Br)cc2C1(CCCc1ccccc1)CCCc1ccccc1. The van der Waals surface area contributed by atoms with Crippen molar-refractivity contribution >= 4 is 68.8 Å². The summed E-state index contributed by atoms with van der Waals surface area (Å²) >= 11 is 12.5. The van der Waals surface area contributed by atoms with E-state index in [-0.39, 0.29) is 13.0 Å². The Morgan fingerprint density at radius 1 is 0.967 bits per heavy atom. The second-order valence-electron chi connectivity index (χ2n) is 15.1. The minimum absolute atomic E-state index is 0.0155. The van der Waals surface area contributed by atoms with Gasteiger partial charge in [-0.15, -0.1) is 0 Å². The van der Waals surface area contributed by atoms with Crippen molar-refractivity contribution in [1.82, 2.24) is 0 Å². The maximum absolute atomic E-state index is 12.2. The lowest BCUT2D eigenvalue weighted by Crippen LogP contribution is -2.37. The van der Waals surface area contributed by atoms with E-state index in [9.17, 15) is 20.0 Å². The quantitative estimate of drug-likeness (QED) is 0.0460. The minimum atomic E-state index is -0.847. The van der Waals surface area contributed by atoms with Crippen LogP contribution < -0.4 is 4.90 Å². The number of carboxylic acids is 1. The molecule has 0 aromatic heterocycles. The monoisotopic (exact) mass is 898 g/mol. The average Bonchev–Trinajstić information content (AvgIpc) is 3.88. The summed E-state index contributed by atoms with van der Waals surface area (Å²) < 4.78 is 8.27. The molecule has 0 atom stereocenters. The first-order valence-corrected chi connectivity index (χ1v) is 22.2. The van der Waals surface area contributed by atoms with Crippen LogP contribution in [0.15, 0.2) is 169 Å². The molecular formula is C50H46BrClN3O4S+. The second-order valence-corrected chi connectivity index (χ2v) is 17.4. The summed E-state index contributed by atoms with van der Waals surface area (Å²) in [7, 11) is 0. The van der Waals surface area contributed by atoms with E-state index in [1.165, 1.54) is 28.5 Å². The highest BCUT2D eigenvalue weighted by atomic mass is 79.9. The van der Waals surface area contributed by atoms with E-state index in [0.717, 1.165) is 81.2 Å². The van der Waals surface area contributed by atoms with E-state index in [0.29, 0.717) is 35.7 Å². The number of hydrogen-bond donors (Lipinski definition) is 1. The Kier molecular flexibility index (Phi) is 14.1. The number of nitrogens with zero attached hydrogens (tertiary/aromatic N) is 3. The molecule has 0 unspecified atom stereocenters. The Morgan fingerprint density at radius 3 is 2.28 bits per heavy atom. The number of ether oxygens (including phenoxy) is 1. The molecule has 2 aliphatic heterocycles. The Bertz CT molecular complexity index is 2460. The van der Waals surface area contributed by atoms with Crippen LogP contribution in [0.3, 0.4) is 0 Å². The first kappa shape index (κ1) is 42.7. The standard InChI is InChI=1S/C50H45BrClN3O4S/c1-35(30-38-20-21-39(47(38)52)31-40(33-53)49-55(28-29-59-34-56)44-18-8-9-19-45(44)60-49)48-50(25-10-16-36-12-4-2-5-13-36,26-11-17-37-14-6-3-7-15-37)42-32-41(51)22-23-43(42)54(48)27-24-46(57)58/h2-9,12-15,18-23,30-32,34H,10-11,16-17,24-29H2,1H3/p+1. The molecule has 0 bridgehead atoms. The van der Waals surface area contributed by atoms with E-state index >= 15 is 0 Å². The van der Waals surface area contributed by atoms with Gasteiger partial charge in [-0.25, -0.2) is 0 Å². The molecule has 0 spiro atoms. The molecule has 7 rings (SSSR count). The molecular weight excluding hydrogens is 854 g/mol. The molecule has 0 fully saturated rings. The number of nitriles is 1. The fourth-order valence-corrected chi connectivity index (χ4v) is 10.5. The van der Waals surface area contributed by atoms with E-state index in [2.05, 4.69) is 100 Å². The van der Waals surface area contributed by atoms with Gasteiger partial charge in [-0.05, 0) is 104 Å². The van der Waals surface area contributed by atoms with Crippen molar-refractivity contribution in [3.63, 3.8) is 0 Å². The summed E-state index contributed by atoms with van der Waals surface area (Å²) in [5.41, 5.74) is 9.44. The molecule has 1 N–H and O–H groups in total. The number of carboxylic acid groups (broad SMARTS) is 1. The smallest absolute Gasteiger partial charge is 0.309 e. The number of hydrogen-bond acceptors (Lipinski definition) is 6. The lowest BCUT2D eigenvalue weighted by atomic mass is 9.68. The van der Waals surface area contributed by atoms with Crippen LogP contribution in [0.4, 0.5) is 11.4 Å². The highest BCUT2D eigenvalue weighted by Gasteiger charge is 2.52.